The summed E-state index contributed by atoms with van der Waals surface area (Å²) in [5.74, 6) is 0.781. The molecule has 0 radical (unpaired) electrons. The number of rotatable bonds is 35. The van der Waals surface area contributed by atoms with E-state index in [-0.39, 0.29) is 0 Å². The highest BCUT2D eigenvalue weighted by Crippen LogP contribution is 2.38. The van der Waals surface area contributed by atoms with Crippen LogP contribution < -0.4 is 0 Å². The van der Waals surface area contributed by atoms with Gasteiger partial charge in [-0.1, -0.05) is 120 Å². The fourth-order valence-electron chi connectivity index (χ4n) is 23.6. The van der Waals surface area contributed by atoms with E-state index >= 15 is 0 Å². The largest absolute Gasteiger partial charge is 0.286 e. The lowest BCUT2D eigenvalue weighted by Crippen LogP contribution is -2.44. The van der Waals surface area contributed by atoms with E-state index in [0.717, 1.165) is 66.3 Å². The summed E-state index contributed by atoms with van der Waals surface area (Å²) in [6, 6.07) is 10.1. The molecule has 0 aromatic heterocycles. The predicted octanol–water partition coefficient (Wildman–Crippen LogP) is 13.7. The second-order valence-electron chi connectivity index (χ2n) is 35.5. The molecular formula is C80H147BrN14. The van der Waals surface area contributed by atoms with E-state index in [1.54, 1.807) is 0 Å². The van der Waals surface area contributed by atoms with Crippen molar-refractivity contribution in [2.45, 2.75) is 367 Å². The van der Waals surface area contributed by atoms with Gasteiger partial charge in [-0.05, 0) is 186 Å². The third-order valence-corrected chi connectivity index (χ3v) is 30.9. The van der Waals surface area contributed by atoms with Gasteiger partial charge in [0.2, 0.25) is 0 Å². The SMILES string of the molecule is CCC(CCC(CCC(CCC(C)CCC(CCC(CCC(CC(Br)N1CCN(C2CCCC2)C1)N1CCN(C2CCCC2)C1)N1CCN(C2CCCC2)C1)N1CCN(C2CCCC2)C1)N1CCN(C2CCCC2)C1)N1CCN(C2CCCC2)C1)N1CCN(C2CCCC2)C1. The number of hydrogen-bond donors (Lipinski definition) is 0. The number of nitrogens with zero attached hydrogens (tertiary/aromatic N) is 14. The van der Waals surface area contributed by atoms with Gasteiger partial charge in [0.1, 0.15) is 0 Å². The molecular weight excluding hydrogens is 1240 g/mol. The average Bonchev–Trinajstić information content (AvgIpc) is 1.81. The fourth-order valence-corrected chi connectivity index (χ4v) is 24.3. The molecule has 0 spiro atoms. The van der Waals surface area contributed by atoms with Crippen molar-refractivity contribution in [3.8, 4) is 0 Å². The molecule has 14 fully saturated rings. The highest BCUT2D eigenvalue weighted by molar-refractivity contribution is 9.09. The van der Waals surface area contributed by atoms with E-state index < -0.39 is 0 Å². The molecule has 8 unspecified atom stereocenters. The van der Waals surface area contributed by atoms with Crippen molar-refractivity contribution in [1.82, 2.24) is 68.6 Å². The zero-order valence-electron chi connectivity index (χ0n) is 61.8. The standard InChI is InChI=1S/C80H147BrN14/c1-3-67(82-44-45-83(59-82)68-18-4-5-19-68)36-37-77(91-52-48-86(62-91)71-24-10-11-25-71)40-38-75(89-50-46-84(60-89)69-20-6-7-21-69)34-32-66(2)33-35-76(90-51-47-85(61-90)70-22-8-9-23-70)39-41-78(92-53-49-87(63-92)72-26-12-13-27-72)42-43-79(94-55-54-88(64-94)73-28-14-15-29-73)58-80(81)95-57-56-93(65-95)74-30-16-17-31-74/h66-80H,3-65H2,1-2H3. The minimum absolute atomic E-state index is 0.472. The van der Waals surface area contributed by atoms with Gasteiger partial charge in [-0.25, -0.2) is 0 Å². The molecule has 14 aliphatic rings. The zero-order valence-corrected chi connectivity index (χ0v) is 63.4. The molecule has 0 amide bonds. The molecule has 14 rings (SSSR count). The molecule has 15 heteroatoms. The van der Waals surface area contributed by atoms with Gasteiger partial charge in [-0.15, -0.1) is 0 Å². The third kappa shape index (κ3) is 19.1. The molecule has 7 aliphatic carbocycles. The summed E-state index contributed by atoms with van der Waals surface area (Å²) in [4.78, 5) is 42.1. The molecule has 0 aromatic rings. The van der Waals surface area contributed by atoms with Gasteiger partial charge >= 0.3 is 0 Å². The molecule has 7 saturated carbocycles. The van der Waals surface area contributed by atoms with Crippen LogP contribution in [-0.4, -0.2) is 290 Å². The third-order valence-electron chi connectivity index (χ3n) is 29.9. The Kier molecular flexibility index (Phi) is 27.3. The van der Waals surface area contributed by atoms with Crippen LogP contribution in [0.3, 0.4) is 0 Å². The van der Waals surface area contributed by atoms with Gasteiger partial charge in [0, 0.05) is 170 Å². The Labute approximate surface area is 592 Å². The molecule has 544 valence electrons. The Bertz CT molecular complexity index is 2190. The normalized spacial score (nSPS) is 30.7. The maximum Gasteiger partial charge on any atom is 0.0681 e. The topological polar surface area (TPSA) is 45.4 Å². The Morgan fingerprint density at radius 2 is 0.432 bits per heavy atom. The summed E-state index contributed by atoms with van der Waals surface area (Å²) < 4.78 is 0. The zero-order chi connectivity index (χ0) is 64.3. The van der Waals surface area contributed by atoms with Gasteiger partial charge in [-0.2, -0.15) is 0 Å². The number of halogens is 1. The van der Waals surface area contributed by atoms with Crippen LogP contribution in [0.4, 0.5) is 0 Å². The Hall–Kier alpha value is -0.0800. The van der Waals surface area contributed by atoms with Gasteiger partial charge < -0.3 is 0 Å². The predicted molar refractivity (Wildman–Crippen MR) is 399 cm³/mol. The lowest BCUT2D eigenvalue weighted by Gasteiger charge is -2.37. The van der Waals surface area contributed by atoms with Gasteiger partial charge in [0.15, 0.2) is 0 Å². The molecule has 0 aromatic carbocycles. The molecule has 7 heterocycles. The van der Waals surface area contributed by atoms with Crippen LogP contribution in [0, 0.1) is 5.92 Å². The van der Waals surface area contributed by atoms with Crippen LogP contribution >= 0.6 is 15.9 Å². The lowest BCUT2D eigenvalue weighted by molar-refractivity contribution is 0.102. The molecule has 8 atom stereocenters. The van der Waals surface area contributed by atoms with Crippen molar-refractivity contribution in [1.29, 1.82) is 0 Å². The van der Waals surface area contributed by atoms with Crippen LogP contribution in [0.2, 0.25) is 0 Å². The molecule has 7 saturated heterocycles. The van der Waals surface area contributed by atoms with Crippen LogP contribution in [0.5, 0.6) is 0 Å². The van der Waals surface area contributed by atoms with Gasteiger partial charge in [0.25, 0.3) is 0 Å². The first-order chi connectivity index (χ1) is 46.8. The summed E-state index contributed by atoms with van der Waals surface area (Å²) in [6.45, 7) is 32.0. The minimum Gasteiger partial charge on any atom is -0.286 e. The maximum atomic E-state index is 4.48. The van der Waals surface area contributed by atoms with Gasteiger partial charge in [-0.3, -0.25) is 68.6 Å². The van der Waals surface area contributed by atoms with E-state index in [1.807, 2.05) is 0 Å². The van der Waals surface area contributed by atoms with E-state index in [4.69, 9.17) is 0 Å². The van der Waals surface area contributed by atoms with Crippen molar-refractivity contribution in [2.24, 2.45) is 5.92 Å². The van der Waals surface area contributed by atoms with Crippen molar-refractivity contribution in [3.63, 3.8) is 0 Å². The Balaban J connectivity index is 0.649. The van der Waals surface area contributed by atoms with E-state index in [2.05, 4.69) is 98.4 Å². The van der Waals surface area contributed by atoms with Crippen LogP contribution in [0.1, 0.15) is 284 Å². The summed E-state index contributed by atoms with van der Waals surface area (Å²) in [5, 5.41) is 0. The van der Waals surface area contributed by atoms with Gasteiger partial charge in [0.05, 0.1) is 51.6 Å². The minimum atomic E-state index is 0.472. The second kappa shape index (κ2) is 36.1. The molecule has 0 N–H and O–H groups in total. The second-order valence-corrected chi connectivity index (χ2v) is 36.6. The first-order valence-corrected chi connectivity index (χ1v) is 43.7. The number of hydrogen-bond acceptors (Lipinski definition) is 14. The molecule has 95 heavy (non-hydrogen) atoms. The highest BCUT2D eigenvalue weighted by atomic mass is 79.9. The van der Waals surface area contributed by atoms with E-state index in [9.17, 15) is 0 Å². The first-order valence-electron chi connectivity index (χ1n) is 42.8. The van der Waals surface area contributed by atoms with Crippen LogP contribution in [0.25, 0.3) is 0 Å². The lowest BCUT2D eigenvalue weighted by atomic mass is 9.89. The maximum absolute atomic E-state index is 4.48. The van der Waals surface area contributed by atoms with Crippen molar-refractivity contribution >= 4 is 15.9 Å². The highest BCUT2D eigenvalue weighted by Gasteiger charge is 2.42. The average molecular weight is 1390 g/mol. The number of alkyl halides is 1. The Morgan fingerprint density at radius 3 is 0.684 bits per heavy atom. The van der Waals surface area contributed by atoms with E-state index in [1.165, 1.54) is 408 Å². The smallest absolute Gasteiger partial charge is 0.0681 e. The van der Waals surface area contributed by atoms with Crippen LogP contribution in [-0.2, 0) is 0 Å². The molecule has 0 bridgehead atoms. The fraction of sp³-hybridized carbons (Fsp3) is 1.00. The Morgan fingerprint density at radius 1 is 0.242 bits per heavy atom. The van der Waals surface area contributed by atoms with Crippen molar-refractivity contribution in [3.05, 3.63) is 0 Å². The molecule has 14 nitrogen and oxygen atoms in total. The summed E-state index contributed by atoms with van der Waals surface area (Å²) >= 11 is 4.48. The summed E-state index contributed by atoms with van der Waals surface area (Å²) in [5.41, 5.74) is 0. The summed E-state index contributed by atoms with van der Waals surface area (Å²) in [6.07, 6.45) is 59.8. The van der Waals surface area contributed by atoms with Crippen molar-refractivity contribution < 1.29 is 0 Å². The quantitative estimate of drug-likeness (QED) is 0.0447. The van der Waals surface area contributed by atoms with Crippen molar-refractivity contribution in [2.75, 3.05) is 138 Å². The molecule has 7 aliphatic heterocycles. The monoisotopic (exact) mass is 1380 g/mol. The summed E-state index contributed by atoms with van der Waals surface area (Å²) in [7, 11) is 0. The van der Waals surface area contributed by atoms with Crippen LogP contribution in [0.15, 0.2) is 0 Å². The first kappa shape index (κ1) is 71.9. The van der Waals surface area contributed by atoms with E-state index in [0.29, 0.717) is 23.1 Å².